The Morgan fingerprint density at radius 2 is 1.76 bits per heavy atom. The molecule has 0 aliphatic carbocycles. The second kappa shape index (κ2) is 8.42. The number of halogens is 1. The van der Waals surface area contributed by atoms with Gasteiger partial charge in [0.15, 0.2) is 11.6 Å². The van der Waals surface area contributed by atoms with Gasteiger partial charge in [0.2, 0.25) is 10.0 Å². The molecule has 0 spiro atoms. The van der Waals surface area contributed by atoms with Gasteiger partial charge in [0, 0.05) is 25.8 Å². The van der Waals surface area contributed by atoms with Gasteiger partial charge in [-0.05, 0) is 23.8 Å². The standard InChI is InChI=1S/C18H22FNO4S/c1-4-20(12-13-23-2)25(21,22)15-10-8-14(9-11-15)16-6-5-7-17(24-3)18(16)19/h5-11H,4,12-13H2,1-3H3. The predicted octanol–water partition coefficient (Wildman–Crippen LogP) is 3.16. The lowest BCUT2D eigenvalue weighted by Gasteiger charge is -2.20. The number of nitrogens with zero attached hydrogens (tertiary/aromatic N) is 1. The maximum atomic E-state index is 14.3. The molecule has 7 heteroatoms. The number of benzene rings is 2. The minimum Gasteiger partial charge on any atom is -0.494 e. The molecule has 2 aromatic carbocycles. The highest BCUT2D eigenvalue weighted by Gasteiger charge is 2.23. The fourth-order valence-electron chi connectivity index (χ4n) is 2.49. The Morgan fingerprint density at radius 1 is 1.08 bits per heavy atom. The first kappa shape index (κ1) is 19.4. The third kappa shape index (κ3) is 4.18. The lowest BCUT2D eigenvalue weighted by Crippen LogP contribution is -2.33. The Bertz CT molecular complexity index is 806. The van der Waals surface area contributed by atoms with E-state index in [2.05, 4.69) is 0 Å². The number of ether oxygens (including phenoxy) is 2. The highest BCUT2D eigenvalue weighted by Crippen LogP contribution is 2.30. The largest absolute Gasteiger partial charge is 0.494 e. The molecule has 0 radical (unpaired) electrons. The van der Waals surface area contributed by atoms with Crippen molar-refractivity contribution in [3.63, 3.8) is 0 Å². The number of sulfonamides is 1. The molecule has 0 N–H and O–H groups in total. The lowest BCUT2D eigenvalue weighted by atomic mass is 10.0. The summed E-state index contributed by atoms with van der Waals surface area (Å²) in [5.41, 5.74) is 0.935. The van der Waals surface area contributed by atoms with Crippen molar-refractivity contribution < 1.29 is 22.3 Å². The zero-order valence-electron chi connectivity index (χ0n) is 14.5. The Labute approximate surface area is 148 Å². The molecular formula is C18H22FNO4S. The molecule has 0 aromatic heterocycles. The Hall–Kier alpha value is -1.96. The van der Waals surface area contributed by atoms with Crippen molar-refractivity contribution in [2.24, 2.45) is 0 Å². The van der Waals surface area contributed by atoms with Crippen LogP contribution in [0.1, 0.15) is 6.92 Å². The quantitative estimate of drug-likeness (QED) is 0.719. The predicted molar refractivity (Wildman–Crippen MR) is 94.7 cm³/mol. The van der Waals surface area contributed by atoms with Crippen LogP contribution in [0.15, 0.2) is 47.4 Å². The van der Waals surface area contributed by atoms with Crippen LogP contribution in [0.5, 0.6) is 5.75 Å². The summed E-state index contributed by atoms with van der Waals surface area (Å²) in [6.07, 6.45) is 0. The van der Waals surface area contributed by atoms with Crippen LogP contribution in [-0.4, -0.2) is 46.6 Å². The van der Waals surface area contributed by atoms with Gasteiger partial charge < -0.3 is 9.47 Å². The number of likely N-dealkylation sites (N-methyl/N-ethyl adjacent to an activating group) is 1. The van der Waals surface area contributed by atoms with Crippen LogP contribution in [-0.2, 0) is 14.8 Å². The monoisotopic (exact) mass is 367 g/mol. The third-order valence-electron chi connectivity index (χ3n) is 3.88. The molecule has 5 nitrogen and oxygen atoms in total. The maximum absolute atomic E-state index is 14.3. The molecule has 136 valence electrons. The minimum atomic E-state index is -3.61. The van der Waals surface area contributed by atoms with Crippen molar-refractivity contribution in [2.45, 2.75) is 11.8 Å². The van der Waals surface area contributed by atoms with Crippen molar-refractivity contribution in [1.82, 2.24) is 4.31 Å². The van der Waals surface area contributed by atoms with Crippen LogP contribution in [0.2, 0.25) is 0 Å². The first-order valence-corrected chi connectivity index (χ1v) is 9.31. The Kier molecular flexibility index (Phi) is 6.52. The van der Waals surface area contributed by atoms with E-state index in [1.54, 1.807) is 31.2 Å². The summed E-state index contributed by atoms with van der Waals surface area (Å²) in [5.74, 6) is -0.332. The molecule has 0 atom stereocenters. The number of hydrogen-bond donors (Lipinski definition) is 0. The summed E-state index contributed by atoms with van der Waals surface area (Å²) >= 11 is 0. The Balaban J connectivity index is 2.33. The van der Waals surface area contributed by atoms with E-state index in [0.717, 1.165) is 0 Å². The van der Waals surface area contributed by atoms with Gasteiger partial charge in [0.1, 0.15) is 0 Å². The van der Waals surface area contributed by atoms with Gasteiger partial charge in [-0.2, -0.15) is 4.31 Å². The zero-order valence-corrected chi connectivity index (χ0v) is 15.3. The van der Waals surface area contributed by atoms with E-state index in [9.17, 15) is 12.8 Å². The van der Waals surface area contributed by atoms with Crippen molar-refractivity contribution in [3.8, 4) is 16.9 Å². The van der Waals surface area contributed by atoms with E-state index < -0.39 is 15.8 Å². The molecule has 0 amide bonds. The van der Waals surface area contributed by atoms with E-state index in [0.29, 0.717) is 24.3 Å². The van der Waals surface area contributed by atoms with Crippen LogP contribution in [0.25, 0.3) is 11.1 Å². The third-order valence-corrected chi connectivity index (χ3v) is 5.87. The molecule has 0 aliphatic heterocycles. The smallest absolute Gasteiger partial charge is 0.243 e. The summed E-state index contributed by atoms with van der Waals surface area (Å²) in [6.45, 7) is 2.72. The van der Waals surface area contributed by atoms with Crippen molar-refractivity contribution in [3.05, 3.63) is 48.3 Å². The Morgan fingerprint density at radius 3 is 2.32 bits per heavy atom. The maximum Gasteiger partial charge on any atom is 0.243 e. The van der Waals surface area contributed by atoms with Crippen LogP contribution in [0.3, 0.4) is 0 Å². The van der Waals surface area contributed by atoms with Crippen molar-refractivity contribution in [1.29, 1.82) is 0 Å². The van der Waals surface area contributed by atoms with Crippen molar-refractivity contribution >= 4 is 10.0 Å². The molecule has 25 heavy (non-hydrogen) atoms. The lowest BCUT2D eigenvalue weighted by molar-refractivity contribution is 0.180. The van der Waals surface area contributed by atoms with E-state index >= 15 is 0 Å². The molecule has 0 bridgehead atoms. The van der Waals surface area contributed by atoms with Gasteiger partial charge in [-0.1, -0.05) is 31.2 Å². The van der Waals surface area contributed by atoms with Gasteiger partial charge in [-0.25, -0.2) is 12.8 Å². The molecule has 2 aromatic rings. The SMILES string of the molecule is CCN(CCOC)S(=O)(=O)c1ccc(-c2cccc(OC)c2F)cc1. The fraction of sp³-hybridized carbons (Fsp3) is 0.333. The summed E-state index contributed by atoms with van der Waals surface area (Å²) in [4.78, 5) is 0.164. The summed E-state index contributed by atoms with van der Waals surface area (Å²) in [5, 5.41) is 0. The summed E-state index contributed by atoms with van der Waals surface area (Å²) in [7, 11) is -0.685. The number of methoxy groups -OCH3 is 2. The van der Waals surface area contributed by atoms with E-state index in [-0.39, 0.29) is 17.2 Å². The molecule has 0 saturated heterocycles. The van der Waals surface area contributed by atoms with Crippen LogP contribution < -0.4 is 4.74 Å². The van der Waals surface area contributed by atoms with E-state index in [1.807, 2.05) is 0 Å². The van der Waals surface area contributed by atoms with Crippen LogP contribution in [0, 0.1) is 5.82 Å². The number of hydrogen-bond acceptors (Lipinski definition) is 4. The fourth-order valence-corrected chi connectivity index (χ4v) is 3.92. The average molecular weight is 367 g/mol. The van der Waals surface area contributed by atoms with Crippen LogP contribution in [0.4, 0.5) is 4.39 Å². The van der Waals surface area contributed by atoms with Crippen LogP contribution >= 0.6 is 0 Å². The second-order valence-electron chi connectivity index (χ2n) is 5.34. The molecule has 0 unspecified atom stereocenters. The topological polar surface area (TPSA) is 55.8 Å². The second-order valence-corrected chi connectivity index (χ2v) is 7.27. The molecule has 2 rings (SSSR count). The van der Waals surface area contributed by atoms with Crippen molar-refractivity contribution in [2.75, 3.05) is 33.9 Å². The molecular weight excluding hydrogens is 345 g/mol. The summed E-state index contributed by atoms with van der Waals surface area (Å²) < 4.78 is 51.0. The molecule has 0 saturated carbocycles. The molecule has 0 fully saturated rings. The first-order valence-electron chi connectivity index (χ1n) is 7.87. The van der Waals surface area contributed by atoms with Gasteiger partial charge in [-0.3, -0.25) is 0 Å². The highest BCUT2D eigenvalue weighted by molar-refractivity contribution is 7.89. The van der Waals surface area contributed by atoms with Gasteiger partial charge in [0.05, 0.1) is 18.6 Å². The minimum absolute atomic E-state index is 0.144. The average Bonchev–Trinajstić information content (AvgIpc) is 2.62. The van der Waals surface area contributed by atoms with E-state index in [4.69, 9.17) is 9.47 Å². The van der Waals surface area contributed by atoms with Gasteiger partial charge in [0.25, 0.3) is 0 Å². The summed E-state index contributed by atoms with van der Waals surface area (Å²) in [6, 6.07) is 11.0. The zero-order chi connectivity index (χ0) is 18.4. The number of rotatable bonds is 8. The molecule has 0 aliphatic rings. The van der Waals surface area contributed by atoms with Gasteiger partial charge in [-0.15, -0.1) is 0 Å². The van der Waals surface area contributed by atoms with Gasteiger partial charge >= 0.3 is 0 Å². The first-order chi connectivity index (χ1) is 12.0. The highest BCUT2D eigenvalue weighted by atomic mass is 32.2. The normalized spacial score (nSPS) is 11.7. The molecule has 0 heterocycles. The van der Waals surface area contributed by atoms with E-state index in [1.165, 1.54) is 36.7 Å².